The maximum atomic E-state index is 3.30. The first-order chi connectivity index (χ1) is 9.93. The lowest BCUT2D eigenvalue weighted by Crippen LogP contribution is -1.76. The average Bonchev–Trinajstić information content (AvgIpc) is 3.16. The van der Waals surface area contributed by atoms with Gasteiger partial charge in [-0.1, -0.05) is 30.3 Å². The average molecular weight is 258 g/mol. The highest BCUT2D eigenvalue weighted by Gasteiger charge is 2.17. The van der Waals surface area contributed by atoms with Crippen LogP contribution in [0.4, 0.5) is 0 Å². The molecule has 0 unspecified atom stereocenters. The summed E-state index contributed by atoms with van der Waals surface area (Å²) >= 11 is 0. The molecule has 2 heterocycles. The quantitative estimate of drug-likeness (QED) is 0.518. The van der Waals surface area contributed by atoms with Crippen LogP contribution in [0.25, 0.3) is 33.6 Å². The first kappa shape index (κ1) is 11.1. The summed E-state index contributed by atoms with van der Waals surface area (Å²) in [7, 11) is 0. The first-order valence-electron chi connectivity index (χ1n) is 6.73. The third-order valence-electron chi connectivity index (χ3n) is 3.68. The molecule has 0 saturated heterocycles. The highest BCUT2D eigenvalue weighted by Crippen LogP contribution is 2.42. The molecule has 96 valence electrons. The Bertz CT molecular complexity index is 729. The molecular formula is C18H14N2. The number of fused-ring (bicyclic) bond motifs is 1. The summed E-state index contributed by atoms with van der Waals surface area (Å²) in [5.41, 5.74) is 7.32. The van der Waals surface area contributed by atoms with Gasteiger partial charge in [0.25, 0.3) is 0 Å². The zero-order valence-corrected chi connectivity index (χ0v) is 10.9. The van der Waals surface area contributed by atoms with Crippen molar-refractivity contribution in [2.24, 2.45) is 0 Å². The van der Waals surface area contributed by atoms with Gasteiger partial charge in [0, 0.05) is 34.9 Å². The first-order valence-corrected chi connectivity index (χ1v) is 6.73. The Balaban J connectivity index is 2.03. The van der Waals surface area contributed by atoms with E-state index in [0.717, 1.165) is 11.4 Å². The Morgan fingerprint density at radius 2 is 1.05 bits per heavy atom. The highest BCUT2D eigenvalue weighted by molar-refractivity contribution is 5.96. The molecule has 2 heteroatoms. The Morgan fingerprint density at radius 1 is 0.500 bits per heavy atom. The van der Waals surface area contributed by atoms with Crippen molar-refractivity contribution in [3.63, 3.8) is 0 Å². The van der Waals surface area contributed by atoms with Gasteiger partial charge >= 0.3 is 0 Å². The minimum atomic E-state index is 1.15. The second-order valence-corrected chi connectivity index (χ2v) is 4.88. The lowest BCUT2D eigenvalue weighted by Gasteiger charge is -2.00. The van der Waals surface area contributed by atoms with Crippen LogP contribution in [0.2, 0.25) is 0 Å². The maximum absolute atomic E-state index is 3.30. The van der Waals surface area contributed by atoms with Crippen LogP contribution in [0.3, 0.4) is 0 Å². The molecule has 2 aromatic heterocycles. The summed E-state index contributed by atoms with van der Waals surface area (Å²) in [5.74, 6) is 0. The summed E-state index contributed by atoms with van der Waals surface area (Å²) in [6, 6.07) is 21.1. The summed E-state index contributed by atoms with van der Waals surface area (Å²) < 4.78 is 0. The molecule has 0 radical (unpaired) electrons. The van der Waals surface area contributed by atoms with E-state index < -0.39 is 0 Å². The number of aromatic amines is 2. The molecule has 20 heavy (non-hydrogen) atoms. The number of hydrogen-bond donors (Lipinski definition) is 2. The van der Waals surface area contributed by atoms with Crippen molar-refractivity contribution in [1.29, 1.82) is 0 Å². The molecule has 2 aromatic rings. The molecule has 0 amide bonds. The molecule has 0 spiro atoms. The number of nitrogens with one attached hydrogen (secondary N) is 2. The van der Waals surface area contributed by atoms with Crippen molar-refractivity contribution in [1.82, 2.24) is 9.97 Å². The lowest BCUT2D eigenvalue weighted by atomic mass is 10.1. The summed E-state index contributed by atoms with van der Waals surface area (Å²) in [5, 5.41) is 0. The van der Waals surface area contributed by atoms with Gasteiger partial charge in [0.2, 0.25) is 0 Å². The Kier molecular flexibility index (Phi) is 2.46. The van der Waals surface area contributed by atoms with Crippen molar-refractivity contribution < 1.29 is 0 Å². The van der Waals surface area contributed by atoms with Crippen LogP contribution in [0.1, 0.15) is 0 Å². The second kappa shape index (κ2) is 4.42. The largest absolute Gasteiger partial charge is 0.361 e. The van der Waals surface area contributed by atoms with Crippen molar-refractivity contribution in [2.75, 3.05) is 0 Å². The molecule has 0 atom stereocenters. The minimum Gasteiger partial charge on any atom is -0.361 e. The van der Waals surface area contributed by atoms with Crippen LogP contribution < -0.4 is 0 Å². The fraction of sp³-hybridized carbons (Fsp3) is 0. The predicted molar refractivity (Wildman–Crippen MR) is 82.6 cm³/mol. The smallest absolute Gasteiger partial charge is 0.0460 e. The van der Waals surface area contributed by atoms with Crippen LogP contribution in [-0.2, 0) is 0 Å². The Labute approximate surface area is 117 Å². The molecule has 2 aliphatic rings. The molecule has 2 nitrogen and oxygen atoms in total. The third kappa shape index (κ3) is 1.66. The Morgan fingerprint density at radius 3 is 1.50 bits per heavy atom. The van der Waals surface area contributed by atoms with Crippen LogP contribution in [-0.4, -0.2) is 9.97 Å². The molecule has 4 rings (SSSR count). The normalized spacial score (nSPS) is 11.0. The van der Waals surface area contributed by atoms with E-state index in [2.05, 4.69) is 58.5 Å². The van der Waals surface area contributed by atoms with Crippen molar-refractivity contribution in [2.45, 2.75) is 0 Å². The van der Waals surface area contributed by atoms with Crippen molar-refractivity contribution in [3.8, 4) is 33.6 Å². The van der Waals surface area contributed by atoms with Gasteiger partial charge in [0.1, 0.15) is 0 Å². The van der Waals surface area contributed by atoms with E-state index >= 15 is 0 Å². The van der Waals surface area contributed by atoms with Gasteiger partial charge in [-0.25, -0.2) is 0 Å². The zero-order valence-electron chi connectivity index (χ0n) is 10.9. The van der Waals surface area contributed by atoms with E-state index in [1.807, 2.05) is 24.5 Å². The minimum absolute atomic E-state index is 1.15. The topological polar surface area (TPSA) is 31.6 Å². The van der Waals surface area contributed by atoms with Crippen LogP contribution in [0.5, 0.6) is 0 Å². The summed E-state index contributed by atoms with van der Waals surface area (Å²) in [6.45, 7) is 0. The van der Waals surface area contributed by atoms with Crippen LogP contribution in [0.15, 0.2) is 73.1 Å². The molecule has 2 N–H and O–H groups in total. The van der Waals surface area contributed by atoms with E-state index in [1.54, 1.807) is 0 Å². The molecule has 0 aliphatic heterocycles. The molecule has 0 fully saturated rings. The molecular weight excluding hydrogens is 244 g/mol. The van der Waals surface area contributed by atoms with Gasteiger partial charge < -0.3 is 9.97 Å². The fourth-order valence-electron chi connectivity index (χ4n) is 2.76. The predicted octanol–water partition coefficient (Wildman–Crippen LogP) is 4.78. The van der Waals surface area contributed by atoms with E-state index in [1.165, 1.54) is 22.3 Å². The van der Waals surface area contributed by atoms with Crippen LogP contribution in [0, 0.1) is 0 Å². The van der Waals surface area contributed by atoms with E-state index in [-0.39, 0.29) is 0 Å². The van der Waals surface area contributed by atoms with E-state index in [9.17, 15) is 0 Å². The van der Waals surface area contributed by atoms with Gasteiger partial charge in [-0.15, -0.1) is 0 Å². The lowest BCUT2D eigenvalue weighted by molar-refractivity contribution is 1.40. The number of H-pyrrole nitrogens is 2. The van der Waals surface area contributed by atoms with Gasteiger partial charge in [-0.2, -0.15) is 0 Å². The van der Waals surface area contributed by atoms with Crippen molar-refractivity contribution in [3.05, 3.63) is 73.1 Å². The third-order valence-corrected chi connectivity index (χ3v) is 3.68. The van der Waals surface area contributed by atoms with Gasteiger partial charge in [-0.3, -0.25) is 0 Å². The highest BCUT2D eigenvalue weighted by atomic mass is 14.7. The standard InChI is InChI=1S/C18H14N2/c1-2-6-13-14(7-3-1)16(18-9-5-11-20-18)12-15(13)17-8-4-10-19-17/h1-12,19-20H. The monoisotopic (exact) mass is 258 g/mol. The second-order valence-electron chi connectivity index (χ2n) is 4.88. The van der Waals surface area contributed by atoms with Crippen molar-refractivity contribution >= 4 is 0 Å². The fourth-order valence-corrected chi connectivity index (χ4v) is 2.76. The van der Waals surface area contributed by atoms with Crippen LogP contribution >= 0.6 is 0 Å². The molecule has 0 saturated carbocycles. The van der Waals surface area contributed by atoms with E-state index in [4.69, 9.17) is 0 Å². The SMILES string of the molecule is c1ccc2c(-c3ccc[nH]3)cc(-c3ccc[nH]3)c-2cc1. The number of rotatable bonds is 2. The molecule has 2 aliphatic carbocycles. The van der Waals surface area contributed by atoms with Gasteiger partial charge in [-0.05, 0) is 41.5 Å². The summed E-state index contributed by atoms with van der Waals surface area (Å²) in [4.78, 5) is 6.61. The maximum Gasteiger partial charge on any atom is 0.0460 e. The molecule has 0 aromatic carbocycles. The number of hydrogen-bond acceptors (Lipinski definition) is 0. The van der Waals surface area contributed by atoms with E-state index in [0.29, 0.717) is 0 Å². The Hall–Kier alpha value is -2.74. The zero-order chi connectivity index (χ0) is 13.4. The van der Waals surface area contributed by atoms with Gasteiger partial charge in [0.05, 0.1) is 0 Å². The molecule has 0 bridgehead atoms. The number of aromatic nitrogens is 2. The van der Waals surface area contributed by atoms with Gasteiger partial charge in [0.15, 0.2) is 0 Å². The summed E-state index contributed by atoms with van der Waals surface area (Å²) in [6.07, 6.45) is 3.93.